The summed E-state index contributed by atoms with van der Waals surface area (Å²) in [6.45, 7) is 15.0. The third-order valence-corrected chi connectivity index (χ3v) is 17.6. The monoisotopic (exact) mass is 1300 g/mol. The number of carbonyl (C=O) groups is 13. The lowest BCUT2D eigenvalue weighted by molar-refractivity contribution is -0.151. The number of amides is 11. The van der Waals surface area contributed by atoms with Crippen molar-refractivity contribution in [3.63, 3.8) is 0 Å². The maximum Gasteiger partial charge on any atom is 0.325 e. The molecule has 92 heavy (non-hydrogen) atoms. The molecule has 30 heteroatoms. The molecule has 3 saturated heterocycles. The standard InChI is InChI=1S/C62H109N15O15/c1-9-36(5)49(74-58(87)50(37(6)10-2)73-51(80)40(66)26-27-48(78)79)57(86)71-43(22-13-16-30-65)54(83)72-44(34-35(3)4)55(84)67-38(7)59(88)76-32-18-24-46(76)61(90)77-33-19-25-47(77)60(89)75-31-17-23-45(75)56(85)70-42(21-12-15-29-64)53(82)69-41(20-11-14-28-63)52(81)68-39(8)62(91)92/h35-47,49-50H,9-34,63-66H2,1-8H3,(H,67,84)(H,68,81)(H,69,82)(H,70,85)(H,71,86)(H,72,83)(H,73,80)(H,74,87)(H,78,79)(H,91,92)/t36-,37-,38-,39-,40-,41-,42-,43-,44-,45-,46-,47-,49-,50-/m0/s1. The predicted molar refractivity (Wildman–Crippen MR) is 341 cm³/mol. The van der Waals surface area contributed by atoms with Crippen molar-refractivity contribution >= 4 is 76.9 Å². The average molecular weight is 1300 g/mol. The van der Waals surface area contributed by atoms with Crippen LogP contribution in [0, 0.1) is 17.8 Å². The molecule has 0 unspecified atom stereocenters. The number of nitrogens with zero attached hydrogens (tertiary/aromatic N) is 3. The Morgan fingerprint density at radius 3 is 1.28 bits per heavy atom. The zero-order chi connectivity index (χ0) is 68.9. The Bertz CT molecular complexity index is 2510. The molecule has 0 spiro atoms. The van der Waals surface area contributed by atoms with Crippen LogP contribution in [-0.2, 0) is 62.3 Å². The van der Waals surface area contributed by atoms with Crippen LogP contribution in [0.3, 0.4) is 0 Å². The van der Waals surface area contributed by atoms with Crippen molar-refractivity contribution < 1.29 is 72.5 Å². The van der Waals surface area contributed by atoms with E-state index in [4.69, 9.17) is 28.0 Å². The first-order chi connectivity index (χ1) is 43.6. The minimum absolute atomic E-state index is 0.0969. The molecule has 11 amide bonds. The van der Waals surface area contributed by atoms with Gasteiger partial charge in [0, 0.05) is 26.1 Å². The Morgan fingerprint density at radius 1 is 0.446 bits per heavy atom. The second-order valence-electron chi connectivity index (χ2n) is 25.4. The molecule has 3 heterocycles. The van der Waals surface area contributed by atoms with E-state index in [1.165, 1.54) is 28.5 Å². The smallest absolute Gasteiger partial charge is 0.325 e. The molecule has 0 aromatic rings. The highest BCUT2D eigenvalue weighted by Crippen LogP contribution is 2.29. The molecular weight excluding hydrogens is 1190 g/mol. The van der Waals surface area contributed by atoms with Gasteiger partial charge in [-0.3, -0.25) is 62.3 Å². The van der Waals surface area contributed by atoms with Crippen LogP contribution >= 0.6 is 0 Å². The van der Waals surface area contributed by atoms with Gasteiger partial charge in [-0.1, -0.05) is 54.4 Å². The van der Waals surface area contributed by atoms with Gasteiger partial charge in [0.25, 0.3) is 0 Å². The fourth-order valence-corrected chi connectivity index (χ4v) is 11.6. The van der Waals surface area contributed by atoms with Crippen LogP contribution in [0.1, 0.15) is 184 Å². The van der Waals surface area contributed by atoms with Crippen LogP contribution in [0.5, 0.6) is 0 Å². The zero-order valence-electron chi connectivity index (χ0n) is 55.4. The summed E-state index contributed by atoms with van der Waals surface area (Å²) in [5.74, 6) is -10.6. The quantitative estimate of drug-likeness (QED) is 0.0316. The van der Waals surface area contributed by atoms with Gasteiger partial charge >= 0.3 is 11.9 Å². The highest BCUT2D eigenvalue weighted by atomic mass is 16.4. The molecular formula is C62H109N15O15. The third kappa shape index (κ3) is 24.4. The number of carboxylic acid groups (broad SMARTS) is 2. The molecule has 3 aliphatic heterocycles. The van der Waals surface area contributed by atoms with Gasteiger partial charge in [-0.25, -0.2) is 0 Å². The molecule has 0 aliphatic carbocycles. The summed E-state index contributed by atoms with van der Waals surface area (Å²) in [5, 5.41) is 40.1. The summed E-state index contributed by atoms with van der Waals surface area (Å²) in [7, 11) is 0. The SMILES string of the molecule is CC[C@H](C)[C@H](NC(=O)[C@@H](NC(=O)[C@@H](N)CCC(=O)O)[C@@H](C)CC)C(=O)N[C@@H](CCCCN)C(=O)N[C@@H](CC(C)C)C(=O)N[C@@H](C)C(=O)N1CCC[C@H]1C(=O)N1CCC[C@H]1C(=O)N1CCC[C@H]1C(=O)N[C@@H](CCCCN)C(=O)N[C@@H](CCCCN)C(=O)N[C@@H](C)C(=O)O. The van der Waals surface area contributed by atoms with Gasteiger partial charge in [0.2, 0.25) is 65.0 Å². The maximum absolute atomic E-state index is 14.6. The lowest BCUT2D eigenvalue weighted by Crippen LogP contribution is -2.61. The molecule has 0 bridgehead atoms. The fourth-order valence-electron chi connectivity index (χ4n) is 11.6. The molecule has 18 N–H and O–H groups in total. The van der Waals surface area contributed by atoms with Gasteiger partial charge in [0.1, 0.15) is 66.5 Å². The van der Waals surface area contributed by atoms with Crippen molar-refractivity contribution in [3.05, 3.63) is 0 Å². The number of hydrogen-bond acceptors (Lipinski definition) is 17. The summed E-state index contributed by atoms with van der Waals surface area (Å²) < 4.78 is 0. The molecule has 3 fully saturated rings. The van der Waals surface area contributed by atoms with Crippen LogP contribution in [0.25, 0.3) is 0 Å². The van der Waals surface area contributed by atoms with Crippen molar-refractivity contribution in [2.75, 3.05) is 39.3 Å². The minimum Gasteiger partial charge on any atom is -0.481 e. The van der Waals surface area contributed by atoms with Crippen LogP contribution < -0.4 is 65.5 Å². The normalized spacial score (nSPS) is 20.0. The molecule has 14 atom stereocenters. The molecule has 3 rings (SSSR count). The third-order valence-electron chi connectivity index (χ3n) is 17.6. The second-order valence-corrected chi connectivity index (χ2v) is 25.4. The number of carbonyl (C=O) groups excluding carboxylic acids is 11. The van der Waals surface area contributed by atoms with Crippen molar-refractivity contribution in [2.24, 2.45) is 40.7 Å². The first kappa shape index (κ1) is 79.2. The van der Waals surface area contributed by atoms with E-state index in [0.29, 0.717) is 83.7 Å². The average Bonchev–Trinajstić information content (AvgIpc) is 1.62. The first-order valence-electron chi connectivity index (χ1n) is 33.2. The first-order valence-corrected chi connectivity index (χ1v) is 33.2. The lowest BCUT2D eigenvalue weighted by Gasteiger charge is -2.35. The van der Waals surface area contributed by atoms with Crippen LogP contribution in [0.2, 0.25) is 0 Å². The Balaban J connectivity index is 1.78. The molecule has 3 aliphatic rings. The number of likely N-dealkylation sites (tertiary alicyclic amines) is 3. The lowest BCUT2D eigenvalue weighted by atomic mass is 9.94. The Morgan fingerprint density at radius 2 is 0.826 bits per heavy atom. The number of nitrogens with one attached hydrogen (secondary N) is 8. The highest BCUT2D eigenvalue weighted by Gasteiger charge is 2.47. The van der Waals surface area contributed by atoms with Crippen molar-refractivity contribution in [1.82, 2.24) is 57.2 Å². The number of rotatable bonds is 41. The number of unbranched alkanes of at least 4 members (excludes halogenated alkanes) is 3. The van der Waals surface area contributed by atoms with E-state index in [1.807, 2.05) is 20.8 Å². The fraction of sp³-hybridized carbons (Fsp3) is 0.790. The van der Waals surface area contributed by atoms with E-state index >= 15 is 0 Å². The topological polar surface area (TPSA) is 472 Å². The Labute approximate surface area is 541 Å². The molecule has 0 radical (unpaired) electrons. The van der Waals surface area contributed by atoms with E-state index in [2.05, 4.69) is 42.5 Å². The van der Waals surface area contributed by atoms with Crippen molar-refractivity contribution in [1.29, 1.82) is 0 Å². The van der Waals surface area contributed by atoms with Gasteiger partial charge < -0.3 is 90.4 Å². The number of aliphatic carboxylic acids is 2. The summed E-state index contributed by atoms with van der Waals surface area (Å²) in [6.07, 6.45) is 5.79. The number of hydrogen-bond donors (Lipinski definition) is 14. The highest BCUT2D eigenvalue weighted by molar-refractivity contribution is 6.00. The maximum atomic E-state index is 14.6. The Hall–Kier alpha value is -7.05. The number of carboxylic acids is 2. The van der Waals surface area contributed by atoms with Crippen molar-refractivity contribution in [3.8, 4) is 0 Å². The van der Waals surface area contributed by atoms with Crippen LogP contribution in [0.4, 0.5) is 0 Å². The van der Waals surface area contributed by atoms with Crippen LogP contribution in [0.15, 0.2) is 0 Å². The van der Waals surface area contributed by atoms with Gasteiger partial charge in [-0.15, -0.1) is 0 Å². The van der Waals surface area contributed by atoms with E-state index in [0.717, 1.165) is 0 Å². The summed E-state index contributed by atoms with van der Waals surface area (Å²) in [6, 6.07) is -13.7. The predicted octanol–water partition coefficient (Wildman–Crippen LogP) is -1.32. The van der Waals surface area contributed by atoms with E-state index < -0.39 is 161 Å². The van der Waals surface area contributed by atoms with E-state index in [9.17, 15) is 67.4 Å². The van der Waals surface area contributed by atoms with E-state index in [-0.39, 0.29) is 89.9 Å². The summed E-state index contributed by atoms with van der Waals surface area (Å²) in [4.78, 5) is 182. The van der Waals surface area contributed by atoms with Gasteiger partial charge in [0.05, 0.1) is 6.04 Å². The summed E-state index contributed by atoms with van der Waals surface area (Å²) >= 11 is 0. The molecule has 30 nitrogen and oxygen atoms in total. The largest absolute Gasteiger partial charge is 0.481 e. The molecule has 0 aromatic heterocycles. The molecule has 0 aromatic carbocycles. The van der Waals surface area contributed by atoms with Gasteiger partial charge in [-0.2, -0.15) is 0 Å². The molecule has 522 valence electrons. The van der Waals surface area contributed by atoms with Gasteiger partial charge in [-0.05, 0) is 160 Å². The van der Waals surface area contributed by atoms with Crippen molar-refractivity contribution in [2.45, 2.75) is 256 Å². The second kappa shape index (κ2) is 40.1. The van der Waals surface area contributed by atoms with Crippen LogP contribution in [-0.4, -0.2) is 214 Å². The van der Waals surface area contributed by atoms with Gasteiger partial charge in [0.15, 0.2) is 0 Å². The van der Waals surface area contributed by atoms with E-state index in [1.54, 1.807) is 20.8 Å². The zero-order valence-corrected chi connectivity index (χ0v) is 55.4. The number of nitrogens with two attached hydrogens (primary N) is 4. The summed E-state index contributed by atoms with van der Waals surface area (Å²) in [5.41, 5.74) is 23.2. The molecule has 0 saturated carbocycles. The minimum atomic E-state index is -1.27. The Kier molecular flexibility index (Phi) is 34.6.